The minimum absolute atomic E-state index is 0.321. The summed E-state index contributed by atoms with van der Waals surface area (Å²) in [4.78, 5) is 27.1. The fourth-order valence-corrected chi connectivity index (χ4v) is 4.51. The van der Waals surface area contributed by atoms with Gasteiger partial charge < -0.3 is 5.32 Å². The van der Waals surface area contributed by atoms with Crippen molar-refractivity contribution in [3.63, 3.8) is 0 Å². The first-order chi connectivity index (χ1) is 15.0. The van der Waals surface area contributed by atoms with E-state index in [9.17, 15) is 9.18 Å². The molecule has 0 bridgehead atoms. The molecule has 0 spiro atoms. The summed E-state index contributed by atoms with van der Waals surface area (Å²) in [5.41, 5.74) is 3.08. The predicted molar refractivity (Wildman–Crippen MR) is 122 cm³/mol. The van der Waals surface area contributed by atoms with Crippen molar-refractivity contribution in [2.45, 2.75) is 13.0 Å². The minimum Gasteiger partial charge on any atom is -0.360 e. The van der Waals surface area contributed by atoms with E-state index in [1.807, 2.05) is 19.1 Å². The molecule has 5 rings (SSSR count). The van der Waals surface area contributed by atoms with Crippen molar-refractivity contribution in [2.75, 3.05) is 5.32 Å². The zero-order chi connectivity index (χ0) is 21.5. The van der Waals surface area contributed by atoms with Crippen LogP contribution in [-0.2, 0) is 0 Å². The van der Waals surface area contributed by atoms with Crippen LogP contribution in [0.2, 0.25) is 5.02 Å². The number of aromatic nitrogens is 4. The number of hydrogen-bond acceptors (Lipinski definition) is 6. The zero-order valence-electron chi connectivity index (χ0n) is 16.2. The van der Waals surface area contributed by atoms with E-state index in [-0.39, 0.29) is 11.6 Å². The number of rotatable bonds is 4. The van der Waals surface area contributed by atoms with Gasteiger partial charge in [0.25, 0.3) is 5.56 Å². The number of fused-ring (bicyclic) bond motifs is 2. The Morgan fingerprint density at radius 1 is 1.13 bits per heavy atom. The molecule has 3 heterocycles. The van der Waals surface area contributed by atoms with Crippen molar-refractivity contribution in [3.8, 4) is 5.69 Å². The second kappa shape index (κ2) is 7.72. The molecule has 0 fully saturated rings. The number of anilines is 1. The highest BCUT2D eigenvalue weighted by atomic mass is 35.5. The number of halogens is 2. The van der Waals surface area contributed by atoms with Crippen molar-refractivity contribution < 1.29 is 4.39 Å². The maximum absolute atomic E-state index is 14.0. The van der Waals surface area contributed by atoms with Crippen LogP contribution in [0.25, 0.3) is 26.8 Å². The van der Waals surface area contributed by atoms with Gasteiger partial charge in [0, 0.05) is 5.69 Å². The Kier molecular flexibility index (Phi) is 4.88. The topological polar surface area (TPSA) is 72.7 Å². The molecule has 0 radical (unpaired) electrons. The number of nitrogens with zero attached hydrogens (tertiary/aromatic N) is 4. The van der Waals surface area contributed by atoms with E-state index in [1.165, 1.54) is 34.4 Å². The van der Waals surface area contributed by atoms with Gasteiger partial charge in [-0.3, -0.25) is 9.36 Å². The van der Waals surface area contributed by atoms with Gasteiger partial charge in [0.2, 0.25) is 0 Å². The van der Waals surface area contributed by atoms with Gasteiger partial charge in [-0.25, -0.2) is 19.3 Å². The summed E-state index contributed by atoms with van der Waals surface area (Å²) in [5, 5.41) is 4.76. The lowest BCUT2D eigenvalue weighted by molar-refractivity contribution is 0.625. The van der Waals surface area contributed by atoms with Crippen LogP contribution in [0.4, 0.5) is 10.2 Å². The summed E-state index contributed by atoms with van der Waals surface area (Å²) in [5.74, 6) is 0.124. The molecule has 0 amide bonds. The summed E-state index contributed by atoms with van der Waals surface area (Å²) in [6, 6.07) is 12.7. The van der Waals surface area contributed by atoms with Crippen molar-refractivity contribution in [3.05, 3.63) is 87.3 Å². The molecule has 0 aliphatic rings. The molecule has 3 aromatic heterocycles. The lowest BCUT2D eigenvalue weighted by Gasteiger charge is -2.21. The van der Waals surface area contributed by atoms with Crippen molar-refractivity contribution >= 4 is 49.9 Å². The molecule has 0 saturated carbocycles. The largest absolute Gasteiger partial charge is 0.360 e. The van der Waals surface area contributed by atoms with Gasteiger partial charge >= 0.3 is 0 Å². The summed E-state index contributed by atoms with van der Waals surface area (Å²) < 4.78 is 15.5. The van der Waals surface area contributed by atoms with Crippen LogP contribution in [0.1, 0.15) is 18.7 Å². The van der Waals surface area contributed by atoms with Crippen molar-refractivity contribution in [2.24, 2.45) is 0 Å². The van der Waals surface area contributed by atoms with Gasteiger partial charge in [0.15, 0.2) is 5.82 Å². The van der Waals surface area contributed by atoms with Crippen LogP contribution in [0.15, 0.2) is 65.2 Å². The van der Waals surface area contributed by atoms with Gasteiger partial charge in [-0.05, 0) is 42.6 Å². The zero-order valence-corrected chi connectivity index (χ0v) is 17.8. The molecule has 9 heteroatoms. The monoisotopic (exact) mass is 451 g/mol. The van der Waals surface area contributed by atoms with Gasteiger partial charge in [0.1, 0.15) is 22.5 Å². The number of nitrogens with one attached hydrogen (secondary N) is 1. The Morgan fingerprint density at radius 3 is 2.81 bits per heavy atom. The Hall–Kier alpha value is -3.36. The molecule has 31 heavy (non-hydrogen) atoms. The molecule has 6 nitrogen and oxygen atoms in total. The van der Waals surface area contributed by atoms with Crippen LogP contribution in [0.3, 0.4) is 0 Å². The molecule has 0 saturated heterocycles. The summed E-state index contributed by atoms with van der Waals surface area (Å²) in [6.07, 6.45) is 1.47. The van der Waals surface area contributed by atoms with Crippen LogP contribution < -0.4 is 10.9 Å². The first kappa shape index (κ1) is 19.6. The minimum atomic E-state index is -0.435. The summed E-state index contributed by atoms with van der Waals surface area (Å²) in [6.45, 7) is 1.90. The fraction of sp³-hybridized carbons (Fsp3) is 0.0909. The first-order valence-corrected chi connectivity index (χ1v) is 10.7. The predicted octanol–water partition coefficient (Wildman–Crippen LogP) is 5.36. The van der Waals surface area contributed by atoms with Gasteiger partial charge in [-0.15, -0.1) is 11.3 Å². The van der Waals surface area contributed by atoms with E-state index in [2.05, 4.69) is 20.3 Å². The normalized spacial score (nSPS) is 12.4. The second-order valence-corrected chi connectivity index (χ2v) is 8.23. The Morgan fingerprint density at radius 2 is 1.97 bits per heavy atom. The third-order valence-electron chi connectivity index (χ3n) is 5.02. The highest BCUT2D eigenvalue weighted by Crippen LogP contribution is 2.29. The number of pyridine rings is 1. The lowest BCUT2D eigenvalue weighted by atomic mass is 10.1. The first-order valence-electron chi connectivity index (χ1n) is 9.44. The van der Waals surface area contributed by atoms with E-state index in [4.69, 9.17) is 11.6 Å². The maximum atomic E-state index is 14.0. The lowest BCUT2D eigenvalue weighted by Crippen LogP contribution is -2.26. The molecule has 0 aliphatic heterocycles. The molecular weight excluding hydrogens is 437 g/mol. The Bertz CT molecular complexity index is 1500. The quantitative estimate of drug-likeness (QED) is 0.398. The molecule has 1 atom stereocenters. The van der Waals surface area contributed by atoms with Crippen LogP contribution in [0.5, 0.6) is 0 Å². The summed E-state index contributed by atoms with van der Waals surface area (Å²) in [7, 11) is 0. The third kappa shape index (κ3) is 3.43. The average molecular weight is 452 g/mol. The van der Waals surface area contributed by atoms with E-state index in [0.717, 1.165) is 4.83 Å². The maximum Gasteiger partial charge on any atom is 0.264 e. The van der Waals surface area contributed by atoms with Gasteiger partial charge in [-0.2, -0.15) is 0 Å². The Labute approximate surface area is 185 Å². The average Bonchev–Trinajstić information content (AvgIpc) is 3.23. The van der Waals surface area contributed by atoms with Gasteiger partial charge in [0.05, 0.1) is 27.6 Å². The number of hydrogen-bond donors (Lipinski definition) is 1. The molecular formula is C22H15ClFN5OS. The fourth-order valence-electron chi connectivity index (χ4n) is 3.62. The standard InChI is InChI=1S/C22H15ClFN5OS/c1-12(28-20-19-21(26-10-25-20)31-11-27-19)17-8-13-4-2-7-16(23)18(13)22(30)29(17)15-6-3-5-14(24)9-15/h2-12H,1H3,(H,25,26,28). The van der Waals surface area contributed by atoms with E-state index < -0.39 is 5.82 Å². The summed E-state index contributed by atoms with van der Waals surface area (Å²) >= 11 is 7.76. The van der Waals surface area contributed by atoms with E-state index in [0.29, 0.717) is 38.5 Å². The number of benzene rings is 2. The SMILES string of the molecule is CC(Nc1ncnc2scnc12)c1cc2cccc(Cl)c2c(=O)n1-c1cccc(F)c1. The van der Waals surface area contributed by atoms with E-state index >= 15 is 0 Å². The van der Waals surface area contributed by atoms with Crippen LogP contribution in [-0.4, -0.2) is 19.5 Å². The van der Waals surface area contributed by atoms with E-state index in [1.54, 1.807) is 29.8 Å². The smallest absolute Gasteiger partial charge is 0.264 e. The molecule has 1 N–H and O–H groups in total. The second-order valence-electron chi connectivity index (χ2n) is 6.99. The van der Waals surface area contributed by atoms with Crippen molar-refractivity contribution in [1.82, 2.24) is 19.5 Å². The van der Waals surface area contributed by atoms with Crippen LogP contribution in [0, 0.1) is 5.82 Å². The number of thiazole rings is 1. The van der Waals surface area contributed by atoms with Crippen molar-refractivity contribution in [1.29, 1.82) is 0 Å². The Balaban J connectivity index is 1.72. The van der Waals surface area contributed by atoms with Crippen LogP contribution >= 0.6 is 22.9 Å². The van der Waals surface area contributed by atoms with Gasteiger partial charge in [-0.1, -0.05) is 29.8 Å². The highest BCUT2D eigenvalue weighted by molar-refractivity contribution is 7.16. The highest BCUT2D eigenvalue weighted by Gasteiger charge is 2.19. The molecule has 5 aromatic rings. The molecule has 1 unspecified atom stereocenters. The third-order valence-corrected chi connectivity index (χ3v) is 6.07. The molecule has 154 valence electrons. The molecule has 2 aromatic carbocycles. The molecule has 0 aliphatic carbocycles.